The Kier molecular flexibility index (Phi) is 5.23. The molecule has 0 aliphatic heterocycles. The molecule has 0 spiro atoms. The number of pyridine rings is 1. The van der Waals surface area contributed by atoms with E-state index < -0.39 is 22.8 Å². The first-order valence-corrected chi connectivity index (χ1v) is 10.6. The van der Waals surface area contributed by atoms with Crippen LogP contribution in [0.2, 0.25) is 0 Å². The van der Waals surface area contributed by atoms with Crippen LogP contribution in [0, 0.1) is 5.82 Å². The van der Waals surface area contributed by atoms with Gasteiger partial charge in [-0.2, -0.15) is 0 Å². The molecule has 5 rings (SSSR count). The topological polar surface area (TPSA) is 98.2 Å². The van der Waals surface area contributed by atoms with Crippen molar-refractivity contribution < 1.29 is 13.9 Å². The summed E-state index contributed by atoms with van der Waals surface area (Å²) in [5.41, 5.74) is -0.0648. The van der Waals surface area contributed by atoms with Gasteiger partial charge in [0.05, 0.1) is 5.69 Å². The van der Waals surface area contributed by atoms with Gasteiger partial charge < -0.3 is 9.52 Å². The average molecular weight is 459 g/mol. The van der Waals surface area contributed by atoms with Gasteiger partial charge >= 0.3 is 5.63 Å². The molecule has 0 bridgehead atoms. The van der Waals surface area contributed by atoms with Crippen LogP contribution in [-0.2, 0) is 0 Å². The van der Waals surface area contributed by atoms with E-state index in [1.807, 2.05) is 6.07 Å². The van der Waals surface area contributed by atoms with Crippen molar-refractivity contribution in [1.29, 1.82) is 0 Å². The van der Waals surface area contributed by atoms with Gasteiger partial charge in [0.2, 0.25) is 0 Å². The normalized spacial score (nSPS) is 11.1. The molecule has 0 saturated heterocycles. The van der Waals surface area contributed by atoms with E-state index in [9.17, 15) is 19.1 Å². The van der Waals surface area contributed by atoms with E-state index >= 15 is 0 Å². The molecule has 2 aromatic carbocycles. The van der Waals surface area contributed by atoms with Gasteiger partial charge in [-0.15, -0.1) is 0 Å². The van der Waals surface area contributed by atoms with Crippen molar-refractivity contribution in [2.24, 2.45) is 0 Å². The molecule has 33 heavy (non-hydrogen) atoms. The lowest BCUT2D eigenvalue weighted by Gasteiger charge is -2.15. The largest absolute Gasteiger partial charge is 0.505 e. The van der Waals surface area contributed by atoms with Crippen LogP contribution >= 0.6 is 11.8 Å². The average Bonchev–Trinajstić information content (AvgIpc) is 2.83. The molecule has 0 aliphatic carbocycles. The molecule has 0 amide bonds. The Morgan fingerprint density at radius 3 is 2.33 bits per heavy atom. The van der Waals surface area contributed by atoms with Crippen LogP contribution in [0.4, 0.5) is 4.39 Å². The van der Waals surface area contributed by atoms with Crippen LogP contribution in [0.1, 0.15) is 0 Å². The summed E-state index contributed by atoms with van der Waals surface area (Å²) in [7, 11) is 0. The lowest BCUT2D eigenvalue weighted by molar-refractivity contribution is 0.446. The lowest BCUT2D eigenvalue weighted by Crippen LogP contribution is -2.21. The number of benzene rings is 2. The fourth-order valence-electron chi connectivity index (χ4n) is 3.43. The maximum atomic E-state index is 13.7. The minimum atomic E-state index is -0.824. The van der Waals surface area contributed by atoms with Crippen LogP contribution in [0.15, 0.2) is 103 Å². The van der Waals surface area contributed by atoms with Crippen LogP contribution in [0.5, 0.6) is 5.75 Å². The highest BCUT2D eigenvalue weighted by molar-refractivity contribution is 7.99. The van der Waals surface area contributed by atoms with Crippen LogP contribution in [0.25, 0.3) is 27.9 Å². The third-order valence-corrected chi connectivity index (χ3v) is 5.86. The molecular formula is C24H14FN3O4S. The van der Waals surface area contributed by atoms with E-state index in [0.29, 0.717) is 16.9 Å². The van der Waals surface area contributed by atoms with Crippen molar-refractivity contribution >= 4 is 22.7 Å². The van der Waals surface area contributed by atoms with Gasteiger partial charge in [-0.05, 0) is 47.7 Å². The Bertz CT molecular complexity index is 1590. The molecule has 0 unspecified atom stereocenters. The van der Waals surface area contributed by atoms with E-state index in [0.717, 1.165) is 11.8 Å². The highest BCUT2D eigenvalue weighted by atomic mass is 32.2. The molecule has 0 saturated carbocycles. The Morgan fingerprint density at radius 2 is 1.64 bits per heavy atom. The van der Waals surface area contributed by atoms with Crippen LogP contribution in [0.3, 0.4) is 0 Å². The molecule has 3 heterocycles. The molecule has 0 radical (unpaired) electrons. The minimum Gasteiger partial charge on any atom is -0.505 e. The maximum absolute atomic E-state index is 13.7. The number of nitrogens with zero attached hydrogens (tertiary/aromatic N) is 3. The molecule has 0 aliphatic rings. The Morgan fingerprint density at radius 1 is 0.939 bits per heavy atom. The molecule has 3 aromatic heterocycles. The van der Waals surface area contributed by atoms with Gasteiger partial charge in [0.1, 0.15) is 21.7 Å². The van der Waals surface area contributed by atoms with Gasteiger partial charge in [0, 0.05) is 24.1 Å². The molecule has 162 valence electrons. The molecule has 1 N–H and O–H groups in total. The van der Waals surface area contributed by atoms with Gasteiger partial charge in [-0.1, -0.05) is 30.3 Å². The first-order valence-electron chi connectivity index (χ1n) is 9.75. The zero-order valence-electron chi connectivity index (χ0n) is 16.8. The summed E-state index contributed by atoms with van der Waals surface area (Å²) < 4.78 is 20.3. The second kappa shape index (κ2) is 8.36. The monoisotopic (exact) mass is 459 g/mol. The Hall–Kier alpha value is -4.24. The number of aromatic nitrogens is 3. The van der Waals surface area contributed by atoms with Crippen molar-refractivity contribution in [1.82, 2.24) is 14.5 Å². The predicted molar refractivity (Wildman–Crippen MR) is 121 cm³/mol. The van der Waals surface area contributed by atoms with Gasteiger partial charge in [-0.3, -0.25) is 9.36 Å². The lowest BCUT2D eigenvalue weighted by atomic mass is 10.1. The van der Waals surface area contributed by atoms with Crippen molar-refractivity contribution in [3.05, 3.63) is 106 Å². The van der Waals surface area contributed by atoms with E-state index in [4.69, 9.17) is 4.42 Å². The van der Waals surface area contributed by atoms with Crippen molar-refractivity contribution in [2.75, 3.05) is 0 Å². The van der Waals surface area contributed by atoms with E-state index in [1.54, 1.807) is 30.3 Å². The number of hydrogen-bond donors (Lipinski definition) is 1. The SMILES string of the molecule is O=c1oc2cc(-c3ccccc3)n(-c3ccc(F)cc3)c(=O)c2c(O)c1Sc1ncccn1. The smallest absolute Gasteiger partial charge is 0.354 e. The molecule has 0 atom stereocenters. The summed E-state index contributed by atoms with van der Waals surface area (Å²) in [6.45, 7) is 0. The number of halogens is 1. The van der Waals surface area contributed by atoms with Crippen LogP contribution in [-0.4, -0.2) is 19.6 Å². The van der Waals surface area contributed by atoms with Gasteiger partial charge in [0.25, 0.3) is 5.56 Å². The zero-order valence-corrected chi connectivity index (χ0v) is 17.6. The number of rotatable bonds is 4. The summed E-state index contributed by atoms with van der Waals surface area (Å²) in [5, 5.41) is 11.0. The van der Waals surface area contributed by atoms with Crippen molar-refractivity contribution in [3.8, 4) is 22.7 Å². The number of fused-ring (bicyclic) bond motifs is 1. The van der Waals surface area contributed by atoms with E-state index in [-0.39, 0.29) is 21.0 Å². The third kappa shape index (κ3) is 3.79. The second-order valence-corrected chi connectivity index (χ2v) is 7.93. The van der Waals surface area contributed by atoms with Gasteiger partial charge in [0.15, 0.2) is 10.9 Å². The zero-order chi connectivity index (χ0) is 22.9. The second-order valence-electron chi connectivity index (χ2n) is 6.95. The Labute approximate surface area is 189 Å². The Balaban J connectivity index is 1.82. The summed E-state index contributed by atoms with van der Waals surface area (Å²) in [4.78, 5) is 34.2. The minimum absolute atomic E-state index is 0.0713. The summed E-state index contributed by atoms with van der Waals surface area (Å²) in [5.74, 6) is -0.983. The number of aromatic hydroxyl groups is 1. The quantitative estimate of drug-likeness (QED) is 0.398. The van der Waals surface area contributed by atoms with Crippen LogP contribution < -0.4 is 11.2 Å². The summed E-state index contributed by atoms with van der Waals surface area (Å²) in [6, 6.07) is 17.5. The first-order chi connectivity index (χ1) is 16.0. The number of hydrogen-bond acceptors (Lipinski definition) is 7. The maximum Gasteiger partial charge on any atom is 0.354 e. The fraction of sp³-hybridized carbons (Fsp3) is 0. The molecule has 0 fully saturated rings. The highest BCUT2D eigenvalue weighted by Crippen LogP contribution is 2.35. The third-order valence-electron chi connectivity index (χ3n) is 4.90. The predicted octanol–water partition coefficient (Wildman–Crippen LogP) is 4.40. The summed E-state index contributed by atoms with van der Waals surface area (Å²) in [6.07, 6.45) is 2.98. The molecular weight excluding hydrogens is 445 g/mol. The first kappa shape index (κ1) is 20.7. The molecule has 9 heteroatoms. The molecule has 5 aromatic rings. The van der Waals surface area contributed by atoms with Crippen molar-refractivity contribution in [2.45, 2.75) is 10.1 Å². The highest BCUT2D eigenvalue weighted by Gasteiger charge is 2.22. The van der Waals surface area contributed by atoms with E-state index in [1.165, 1.54) is 47.3 Å². The van der Waals surface area contributed by atoms with Gasteiger partial charge in [-0.25, -0.2) is 19.2 Å². The fourth-order valence-corrected chi connectivity index (χ4v) is 4.16. The summed E-state index contributed by atoms with van der Waals surface area (Å²) >= 11 is 0.792. The molecule has 7 nitrogen and oxygen atoms in total. The van der Waals surface area contributed by atoms with Crippen molar-refractivity contribution in [3.63, 3.8) is 0 Å². The standard InChI is InChI=1S/C24H14FN3O4S/c25-15-7-9-16(10-8-15)28-17(14-5-2-1-3-6-14)13-18-19(22(28)30)20(29)21(23(31)32-18)33-24-26-11-4-12-27-24/h1-13,29H. The van der Waals surface area contributed by atoms with E-state index in [2.05, 4.69) is 9.97 Å².